The lowest BCUT2D eigenvalue weighted by Crippen LogP contribution is -2.01. The molecule has 0 aliphatic heterocycles. The van der Waals surface area contributed by atoms with Gasteiger partial charge in [-0.2, -0.15) is 0 Å². The smallest absolute Gasteiger partial charge is 0.0521 e. The normalized spacial score (nSPS) is 11.3. The standard InChI is InChI=1S/C18H21Cl/c1-12(2)15-10-11-16(14-8-6-5-7-9-14)18(19)17(15)13(3)4/h5-13H,1-4H3. The van der Waals surface area contributed by atoms with Gasteiger partial charge in [-0.05, 0) is 28.5 Å². The van der Waals surface area contributed by atoms with Crippen molar-refractivity contribution in [3.63, 3.8) is 0 Å². The Balaban J connectivity index is 2.64. The van der Waals surface area contributed by atoms with E-state index in [1.54, 1.807) is 0 Å². The van der Waals surface area contributed by atoms with Crippen LogP contribution < -0.4 is 0 Å². The molecule has 2 aromatic rings. The third-order valence-corrected chi connectivity index (χ3v) is 3.90. The van der Waals surface area contributed by atoms with Gasteiger partial charge in [0.05, 0.1) is 5.02 Å². The molecule has 0 radical (unpaired) electrons. The van der Waals surface area contributed by atoms with Crippen LogP contribution in [0.2, 0.25) is 5.02 Å². The summed E-state index contributed by atoms with van der Waals surface area (Å²) in [4.78, 5) is 0. The van der Waals surface area contributed by atoms with Gasteiger partial charge in [0.25, 0.3) is 0 Å². The minimum atomic E-state index is 0.438. The van der Waals surface area contributed by atoms with Crippen molar-refractivity contribution >= 4 is 11.6 Å². The van der Waals surface area contributed by atoms with Crippen molar-refractivity contribution in [2.45, 2.75) is 39.5 Å². The summed E-state index contributed by atoms with van der Waals surface area (Å²) in [6.07, 6.45) is 0. The van der Waals surface area contributed by atoms with Gasteiger partial charge < -0.3 is 0 Å². The lowest BCUT2D eigenvalue weighted by atomic mass is 9.88. The van der Waals surface area contributed by atoms with Crippen LogP contribution in [-0.2, 0) is 0 Å². The minimum absolute atomic E-state index is 0.438. The summed E-state index contributed by atoms with van der Waals surface area (Å²) in [6, 6.07) is 14.7. The van der Waals surface area contributed by atoms with Gasteiger partial charge in [-0.3, -0.25) is 0 Å². The molecule has 19 heavy (non-hydrogen) atoms. The van der Waals surface area contributed by atoms with Crippen molar-refractivity contribution in [2.75, 3.05) is 0 Å². The van der Waals surface area contributed by atoms with E-state index < -0.39 is 0 Å². The van der Waals surface area contributed by atoms with Crippen molar-refractivity contribution < 1.29 is 0 Å². The molecule has 0 spiro atoms. The van der Waals surface area contributed by atoms with Gasteiger partial charge in [0.2, 0.25) is 0 Å². The Morgan fingerprint density at radius 1 is 0.789 bits per heavy atom. The molecule has 1 heteroatoms. The zero-order chi connectivity index (χ0) is 14.0. The summed E-state index contributed by atoms with van der Waals surface area (Å²) in [5, 5.41) is 0.910. The van der Waals surface area contributed by atoms with Crippen LogP contribution >= 0.6 is 11.6 Å². The third kappa shape index (κ3) is 2.84. The second-order valence-corrected chi connectivity index (χ2v) is 5.98. The van der Waals surface area contributed by atoms with Gasteiger partial charge in [0, 0.05) is 5.56 Å². The summed E-state index contributed by atoms with van der Waals surface area (Å²) >= 11 is 6.69. The summed E-state index contributed by atoms with van der Waals surface area (Å²) in [5.74, 6) is 0.938. The first-order chi connectivity index (χ1) is 9.02. The maximum atomic E-state index is 6.69. The number of hydrogen-bond donors (Lipinski definition) is 0. The van der Waals surface area contributed by atoms with Crippen LogP contribution in [0.15, 0.2) is 42.5 Å². The maximum Gasteiger partial charge on any atom is 0.0521 e. The lowest BCUT2D eigenvalue weighted by molar-refractivity contribution is 0.791. The van der Waals surface area contributed by atoms with E-state index in [2.05, 4.69) is 64.1 Å². The number of hydrogen-bond acceptors (Lipinski definition) is 0. The fraction of sp³-hybridized carbons (Fsp3) is 0.333. The molecule has 0 heterocycles. The lowest BCUT2D eigenvalue weighted by Gasteiger charge is -2.20. The van der Waals surface area contributed by atoms with Gasteiger partial charge in [-0.15, -0.1) is 0 Å². The first kappa shape index (κ1) is 14.1. The van der Waals surface area contributed by atoms with Crippen molar-refractivity contribution in [1.82, 2.24) is 0 Å². The molecule has 0 N–H and O–H groups in total. The highest BCUT2D eigenvalue weighted by molar-refractivity contribution is 6.34. The molecule has 0 unspecified atom stereocenters. The molecule has 100 valence electrons. The topological polar surface area (TPSA) is 0 Å². The van der Waals surface area contributed by atoms with Gasteiger partial charge in [0.15, 0.2) is 0 Å². The van der Waals surface area contributed by atoms with Crippen molar-refractivity contribution in [3.05, 3.63) is 58.6 Å². The molecular weight excluding hydrogens is 252 g/mol. The Labute approximate surface area is 121 Å². The van der Waals surface area contributed by atoms with Crippen LogP contribution in [-0.4, -0.2) is 0 Å². The van der Waals surface area contributed by atoms with Crippen molar-refractivity contribution in [3.8, 4) is 11.1 Å². The molecule has 2 aromatic carbocycles. The molecule has 0 saturated heterocycles. The Hall–Kier alpha value is -1.27. The van der Waals surface area contributed by atoms with Crippen LogP contribution in [0.25, 0.3) is 11.1 Å². The van der Waals surface area contributed by atoms with E-state index >= 15 is 0 Å². The van der Waals surface area contributed by atoms with Crippen LogP contribution in [0.1, 0.15) is 50.7 Å². The van der Waals surface area contributed by atoms with E-state index in [1.165, 1.54) is 16.7 Å². The average molecular weight is 273 g/mol. The molecule has 0 atom stereocenters. The molecule has 0 fully saturated rings. The quantitative estimate of drug-likeness (QED) is 0.619. The molecule has 0 amide bonds. The summed E-state index contributed by atoms with van der Waals surface area (Å²) in [6.45, 7) is 8.86. The minimum Gasteiger partial charge on any atom is -0.0833 e. The first-order valence-electron chi connectivity index (χ1n) is 6.90. The Kier molecular flexibility index (Phi) is 4.31. The fourth-order valence-corrected chi connectivity index (χ4v) is 3.04. The highest BCUT2D eigenvalue weighted by Gasteiger charge is 2.17. The average Bonchev–Trinajstić information content (AvgIpc) is 2.38. The number of halogens is 1. The second kappa shape index (κ2) is 5.79. The monoisotopic (exact) mass is 272 g/mol. The van der Waals surface area contributed by atoms with Crippen LogP contribution in [0, 0.1) is 0 Å². The molecule has 0 saturated carbocycles. The zero-order valence-corrected chi connectivity index (χ0v) is 12.8. The highest BCUT2D eigenvalue weighted by Crippen LogP contribution is 2.38. The van der Waals surface area contributed by atoms with E-state index in [0.717, 1.165) is 10.6 Å². The molecule has 2 rings (SSSR count). The van der Waals surface area contributed by atoms with E-state index in [1.807, 2.05) is 6.07 Å². The second-order valence-electron chi connectivity index (χ2n) is 5.61. The molecule has 0 aromatic heterocycles. The van der Waals surface area contributed by atoms with Crippen LogP contribution in [0.4, 0.5) is 0 Å². The highest BCUT2D eigenvalue weighted by atomic mass is 35.5. The van der Waals surface area contributed by atoms with E-state index in [4.69, 9.17) is 11.6 Å². The number of benzene rings is 2. The van der Waals surface area contributed by atoms with Gasteiger partial charge in [0.1, 0.15) is 0 Å². The Morgan fingerprint density at radius 3 is 1.95 bits per heavy atom. The van der Waals surface area contributed by atoms with Crippen LogP contribution in [0.5, 0.6) is 0 Å². The summed E-state index contributed by atoms with van der Waals surface area (Å²) in [5.41, 5.74) is 4.97. The van der Waals surface area contributed by atoms with Crippen LogP contribution in [0.3, 0.4) is 0 Å². The number of rotatable bonds is 3. The molecule has 0 bridgehead atoms. The van der Waals surface area contributed by atoms with E-state index in [9.17, 15) is 0 Å². The van der Waals surface area contributed by atoms with E-state index in [0.29, 0.717) is 11.8 Å². The Bertz CT molecular complexity index is 553. The fourth-order valence-electron chi connectivity index (χ4n) is 2.54. The SMILES string of the molecule is CC(C)c1ccc(-c2ccccc2)c(Cl)c1C(C)C. The molecule has 0 aliphatic carbocycles. The largest absolute Gasteiger partial charge is 0.0833 e. The van der Waals surface area contributed by atoms with Gasteiger partial charge >= 0.3 is 0 Å². The third-order valence-electron chi connectivity index (χ3n) is 3.50. The maximum absolute atomic E-state index is 6.69. The summed E-state index contributed by atoms with van der Waals surface area (Å²) < 4.78 is 0. The molecule has 0 nitrogen and oxygen atoms in total. The van der Waals surface area contributed by atoms with Crippen molar-refractivity contribution in [2.24, 2.45) is 0 Å². The summed E-state index contributed by atoms with van der Waals surface area (Å²) in [7, 11) is 0. The predicted molar refractivity (Wildman–Crippen MR) is 85.1 cm³/mol. The Morgan fingerprint density at radius 2 is 1.42 bits per heavy atom. The first-order valence-corrected chi connectivity index (χ1v) is 7.28. The molecular formula is C18H21Cl. The van der Waals surface area contributed by atoms with E-state index in [-0.39, 0.29) is 0 Å². The van der Waals surface area contributed by atoms with Gasteiger partial charge in [-0.25, -0.2) is 0 Å². The van der Waals surface area contributed by atoms with Crippen molar-refractivity contribution in [1.29, 1.82) is 0 Å². The van der Waals surface area contributed by atoms with Gasteiger partial charge in [-0.1, -0.05) is 81.8 Å². The molecule has 0 aliphatic rings. The predicted octanol–water partition coefficient (Wildman–Crippen LogP) is 6.25. The zero-order valence-electron chi connectivity index (χ0n) is 12.1.